The lowest BCUT2D eigenvalue weighted by Crippen LogP contribution is -2.52. The van der Waals surface area contributed by atoms with E-state index in [1.165, 1.54) is 13.0 Å². The lowest BCUT2D eigenvalue weighted by molar-refractivity contribution is -0.180. The molecule has 0 radical (unpaired) electrons. The molecule has 1 aliphatic rings. The number of rotatable bonds is 4. The van der Waals surface area contributed by atoms with Crippen LogP contribution in [0.3, 0.4) is 0 Å². The first-order chi connectivity index (χ1) is 11.8. The molecule has 1 fully saturated rings. The Morgan fingerprint density at radius 2 is 1.76 bits per heavy atom. The smallest absolute Gasteiger partial charge is 0.331 e. The van der Waals surface area contributed by atoms with Gasteiger partial charge in [0.25, 0.3) is 0 Å². The van der Waals surface area contributed by atoms with E-state index in [1.54, 1.807) is 6.08 Å². The molecule has 0 bridgehead atoms. The molecule has 6 nitrogen and oxygen atoms in total. The summed E-state index contributed by atoms with van der Waals surface area (Å²) in [6, 6.07) is 9.12. The van der Waals surface area contributed by atoms with Crippen molar-refractivity contribution in [2.24, 2.45) is 5.41 Å². The van der Waals surface area contributed by atoms with Gasteiger partial charge in [0.1, 0.15) is 12.2 Å². The van der Waals surface area contributed by atoms with Gasteiger partial charge in [0.2, 0.25) is 0 Å². The van der Waals surface area contributed by atoms with Crippen molar-refractivity contribution in [2.75, 3.05) is 0 Å². The molecular weight excluding hydrogens is 324 g/mol. The van der Waals surface area contributed by atoms with Crippen molar-refractivity contribution < 1.29 is 29.6 Å². The lowest BCUT2D eigenvalue weighted by atomic mass is 9.72. The second kappa shape index (κ2) is 9.34. The number of aliphatic carboxylic acids is 1. The fourth-order valence-corrected chi connectivity index (χ4v) is 2.68. The second-order valence-electron chi connectivity index (χ2n) is 6.05. The summed E-state index contributed by atoms with van der Waals surface area (Å²) in [6.45, 7) is 5.46. The van der Waals surface area contributed by atoms with Gasteiger partial charge in [-0.2, -0.15) is 0 Å². The number of carboxylic acid groups (broad SMARTS) is 1. The Bertz CT molecular complexity index is 597. The molecule has 4 unspecified atom stereocenters. The first kappa shape index (κ1) is 20.9. The molecule has 1 saturated carbocycles. The molecule has 1 aliphatic carbocycles. The van der Waals surface area contributed by atoms with Crippen LogP contribution in [-0.2, 0) is 14.3 Å². The summed E-state index contributed by atoms with van der Waals surface area (Å²) in [4.78, 5) is 23.2. The Morgan fingerprint density at radius 3 is 2.32 bits per heavy atom. The predicted octanol–water partition coefficient (Wildman–Crippen LogP) is 2.24. The normalized spacial score (nSPS) is 28.8. The van der Waals surface area contributed by atoms with Crippen LogP contribution in [0.15, 0.2) is 36.4 Å². The summed E-state index contributed by atoms with van der Waals surface area (Å²) in [5.41, 5.74) is -0.434. The van der Waals surface area contributed by atoms with Crippen molar-refractivity contribution in [3.05, 3.63) is 42.0 Å². The standard InChI is InChI=1S/C17H20O6.C2H6/c1-17(16(21)22)9-12(18)15(20)13(10-17)23-14(19)8-7-11-5-3-2-4-6-11;1-2/h2-8,12-13,15,18,20H,9-10H2,1H3,(H,21,22);1-2H3/b8-7+;. The molecule has 138 valence electrons. The van der Waals surface area contributed by atoms with E-state index in [4.69, 9.17) is 4.74 Å². The van der Waals surface area contributed by atoms with E-state index in [0.717, 1.165) is 5.56 Å². The molecule has 3 N–H and O–H groups in total. The van der Waals surface area contributed by atoms with E-state index in [-0.39, 0.29) is 12.8 Å². The van der Waals surface area contributed by atoms with Gasteiger partial charge in [0.05, 0.1) is 11.5 Å². The maximum atomic E-state index is 11.9. The van der Waals surface area contributed by atoms with E-state index in [9.17, 15) is 24.9 Å². The molecule has 0 aliphatic heterocycles. The minimum absolute atomic E-state index is 0.0501. The third-order valence-corrected chi connectivity index (χ3v) is 4.08. The topological polar surface area (TPSA) is 104 Å². The monoisotopic (exact) mass is 350 g/mol. The number of ether oxygens (including phenoxy) is 1. The zero-order valence-corrected chi connectivity index (χ0v) is 14.8. The molecule has 0 amide bonds. The van der Waals surface area contributed by atoms with Crippen LogP contribution in [0.2, 0.25) is 0 Å². The molecule has 25 heavy (non-hydrogen) atoms. The Morgan fingerprint density at radius 1 is 1.16 bits per heavy atom. The largest absolute Gasteiger partial charge is 0.481 e. The van der Waals surface area contributed by atoms with Crippen LogP contribution in [0.5, 0.6) is 0 Å². The molecule has 0 aromatic heterocycles. The van der Waals surface area contributed by atoms with Crippen LogP contribution in [0, 0.1) is 5.41 Å². The van der Waals surface area contributed by atoms with Crippen molar-refractivity contribution in [1.29, 1.82) is 0 Å². The number of aliphatic hydroxyl groups excluding tert-OH is 2. The van der Waals surface area contributed by atoms with Crippen LogP contribution in [-0.4, -0.2) is 45.6 Å². The van der Waals surface area contributed by atoms with Gasteiger partial charge in [0, 0.05) is 12.5 Å². The second-order valence-corrected chi connectivity index (χ2v) is 6.05. The first-order valence-electron chi connectivity index (χ1n) is 8.35. The number of benzene rings is 1. The summed E-state index contributed by atoms with van der Waals surface area (Å²) in [7, 11) is 0. The molecular formula is C19H26O6. The number of aliphatic hydroxyl groups is 2. The summed E-state index contributed by atoms with van der Waals surface area (Å²) in [5, 5.41) is 29.0. The third kappa shape index (κ3) is 5.69. The van der Waals surface area contributed by atoms with Crippen LogP contribution >= 0.6 is 0 Å². The van der Waals surface area contributed by atoms with E-state index >= 15 is 0 Å². The van der Waals surface area contributed by atoms with Crippen LogP contribution in [0.1, 0.15) is 39.2 Å². The van der Waals surface area contributed by atoms with Crippen molar-refractivity contribution in [1.82, 2.24) is 0 Å². The van der Waals surface area contributed by atoms with Gasteiger partial charge in [-0.3, -0.25) is 4.79 Å². The van der Waals surface area contributed by atoms with Gasteiger partial charge in [-0.15, -0.1) is 0 Å². The van der Waals surface area contributed by atoms with Gasteiger partial charge in [-0.05, 0) is 25.0 Å². The fourth-order valence-electron chi connectivity index (χ4n) is 2.68. The van der Waals surface area contributed by atoms with Crippen LogP contribution in [0.25, 0.3) is 6.08 Å². The van der Waals surface area contributed by atoms with Gasteiger partial charge in [-0.1, -0.05) is 44.2 Å². The molecule has 6 heteroatoms. The molecule has 1 aromatic carbocycles. The van der Waals surface area contributed by atoms with Crippen molar-refractivity contribution in [3.63, 3.8) is 0 Å². The average molecular weight is 350 g/mol. The predicted molar refractivity (Wildman–Crippen MR) is 93.7 cm³/mol. The van der Waals surface area contributed by atoms with Gasteiger partial charge >= 0.3 is 11.9 Å². The van der Waals surface area contributed by atoms with Gasteiger partial charge in [0.15, 0.2) is 0 Å². The van der Waals surface area contributed by atoms with Crippen LogP contribution < -0.4 is 0 Å². The number of esters is 1. The Balaban J connectivity index is 0.00000151. The number of carbonyl (C=O) groups is 2. The molecule has 0 saturated heterocycles. The zero-order chi connectivity index (χ0) is 19.0. The van der Waals surface area contributed by atoms with Gasteiger partial charge < -0.3 is 20.1 Å². The fraction of sp³-hybridized carbons (Fsp3) is 0.474. The van der Waals surface area contributed by atoms with Crippen LogP contribution in [0.4, 0.5) is 0 Å². The summed E-state index contributed by atoms with van der Waals surface area (Å²) in [6.07, 6.45) is -0.973. The molecule has 0 spiro atoms. The highest BCUT2D eigenvalue weighted by molar-refractivity contribution is 5.87. The highest BCUT2D eigenvalue weighted by atomic mass is 16.6. The van der Waals surface area contributed by atoms with E-state index < -0.39 is 35.7 Å². The summed E-state index contributed by atoms with van der Waals surface area (Å²) < 4.78 is 5.14. The Hall–Kier alpha value is -2.18. The van der Waals surface area contributed by atoms with Crippen molar-refractivity contribution >= 4 is 18.0 Å². The molecule has 1 aromatic rings. The summed E-state index contributed by atoms with van der Waals surface area (Å²) in [5.74, 6) is -1.79. The number of hydrogen-bond acceptors (Lipinski definition) is 5. The highest BCUT2D eigenvalue weighted by Crippen LogP contribution is 2.38. The minimum Gasteiger partial charge on any atom is -0.481 e. The number of carbonyl (C=O) groups excluding carboxylic acids is 1. The zero-order valence-electron chi connectivity index (χ0n) is 14.8. The molecule has 4 atom stereocenters. The average Bonchev–Trinajstić information content (AvgIpc) is 2.60. The lowest BCUT2D eigenvalue weighted by Gasteiger charge is -2.40. The SMILES string of the molecule is CC.CC1(C(=O)O)CC(O)C(O)C(OC(=O)/C=C/c2ccccc2)C1. The highest BCUT2D eigenvalue weighted by Gasteiger charge is 2.48. The van der Waals surface area contributed by atoms with Gasteiger partial charge in [-0.25, -0.2) is 4.79 Å². The van der Waals surface area contributed by atoms with Crippen molar-refractivity contribution in [3.8, 4) is 0 Å². The number of carboxylic acids is 1. The van der Waals surface area contributed by atoms with E-state index in [2.05, 4.69) is 0 Å². The van der Waals surface area contributed by atoms with E-state index in [0.29, 0.717) is 0 Å². The Labute approximate surface area is 147 Å². The van der Waals surface area contributed by atoms with E-state index in [1.807, 2.05) is 44.2 Å². The molecule has 0 heterocycles. The third-order valence-electron chi connectivity index (χ3n) is 4.08. The quantitative estimate of drug-likeness (QED) is 0.568. The maximum absolute atomic E-state index is 11.9. The Kier molecular flexibility index (Phi) is 7.80. The first-order valence-corrected chi connectivity index (χ1v) is 8.35. The maximum Gasteiger partial charge on any atom is 0.331 e. The number of hydrogen-bond donors (Lipinski definition) is 3. The summed E-state index contributed by atoms with van der Waals surface area (Å²) >= 11 is 0. The van der Waals surface area contributed by atoms with Crippen molar-refractivity contribution in [2.45, 2.75) is 51.9 Å². The minimum atomic E-state index is -1.29. The molecule has 2 rings (SSSR count).